The zero-order chi connectivity index (χ0) is 15.4. The van der Waals surface area contributed by atoms with Gasteiger partial charge in [0.1, 0.15) is 11.6 Å². The Morgan fingerprint density at radius 1 is 1.38 bits per heavy atom. The molecule has 2 N–H and O–H groups in total. The van der Waals surface area contributed by atoms with Crippen molar-refractivity contribution in [1.82, 2.24) is 15.3 Å². The van der Waals surface area contributed by atoms with Gasteiger partial charge >= 0.3 is 0 Å². The number of aromatic amines is 1. The first kappa shape index (κ1) is 16.0. The lowest BCUT2D eigenvalue weighted by Gasteiger charge is -2.35. The monoisotopic (exact) mass is 292 g/mol. The molecular formula is C16H28N4O. The Bertz CT molecular complexity index is 503. The Morgan fingerprint density at radius 2 is 2.05 bits per heavy atom. The second-order valence-electron chi connectivity index (χ2n) is 6.32. The molecule has 1 heterocycles. The molecule has 0 spiro atoms. The second kappa shape index (κ2) is 7.07. The molecule has 5 nitrogen and oxygen atoms in total. The summed E-state index contributed by atoms with van der Waals surface area (Å²) < 4.78 is 0. The predicted octanol–water partition coefficient (Wildman–Crippen LogP) is 2.25. The molecule has 0 saturated heterocycles. The minimum Gasteiger partial charge on any atom is -0.356 e. The van der Waals surface area contributed by atoms with Crippen molar-refractivity contribution < 1.29 is 0 Å². The van der Waals surface area contributed by atoms with Crippen LogP contribution in [0.4, 0.5) is 5.82 Å². The Balaban J connectivity index is 2.07. The fourth-order valence-corrected chi connectivity index (χ4v) is 3.06. The van der Waals surface area contributed by atoms with Gasteiger partial charge in [0.2, 0.25) is 0 Å². The predicted molar refractivity (Wildman–Crippen MR) is 87.1 cm³/mol. The maximum absolute atomic E-state index is 11.8. The lowest BCUT2D eigenvalue weighted by atomic mass is 9.90. The van der Waals surface area contributed by atoms with Crippen molar-refractivity contribution in [2.24, 2.45) is 0 Å². The van der Waals surface area contributed by atoms with Crippen molar-refractivity contribution in [2.45, 2.75) is 64.5 Å². The van der Waals surface area contributed by atoms with Gasteiger partial charge in [-0.3, -0.25) is 4.79 Å². The molecule has 0 unspecified atom stereocenters. The van der Waals surface area contributed by atoms with Crippen LogP contribution in [0.5, 0.6) is 0 Å². The van der Waals surface area contributed by atoms with Crippen molar-refractivity contribution in [3.63, 3.8) is 0 Å². The number of hydrogen-bond acceptors (Lipinski definition) is 4. The Kier molecular flexibility index (Phi) is 5.39. The number of anilines is 1. The third-order valence-corrected chi connectivity index (χ3v) is 4.39. The molecule has 0 amide bonds. The number of nitrogens with one attached hydrogen (secondary N) is 2. The lowest BCUT2D eigenvalue weighted by Crippen LogP contribution is -2.41. The van der Waals surface area contributed by atoms with E-state index in [1.54, 1.807) is 6.07 Å². The molecule has 118 valence electrons. The van der Waals surface area contributed by atoms with Gasteiger partial charge in [0.15, 0.2) is 0 Å². The minimum absolute atomic E-state index is 0.0584. The summed E-state index contributed by atoms with van der Waals surface area (Å²) in [6, 6.07) is 2.75. The highest BCUT2D eigenvalue weighted by Crippen LogP contribution is 2.25. The third-order valence-electron chi connectivity index (χ3n) is 4.39. The molecule has 0 aliphatic heterocycles. The van der Waals surface area contributed by atoms with Gasteiger partial charge < -0.3 is 15.2 Å². The summed E-state index contributed by atoms with van der Waals surface area (Å²) in [5.41, 5.74) is -0.0584. The van der Waals surface area contributed by atoms with E-state index in [9.17, 15) is 4.79 Å². The molecule has 1 aliphatic carbocycles. The summed E-state index contributed by atoms with van der Waals surface area (Å²) in [7, 11) is 2.06. The average Bonchev–Trinajstić information content (AvgIpc) is 2.47. The molecule has 0 aromatic carbocycles. The van der Waals surface area contributed by atoms with Gasteiger partial charge in [0.25, 0.3) is 5.56 Å². The fraction of sp³-hybridized carbons (Fsp3) is 0.750. The first-order valence-corrected chi connectivity index (χ1v) is 8.08. The first-order valence-electron chi connectivity index (χ1n) is 8.08. The van der Waals surface area contributed by atoms with Crippen molar-refractivity contribution in [1.29, 1.82) is 0 Å². The molecule has 1 aromatic rings. The zero-order valence-electron chi connectivity index (χ0n) is 13.6. The summed E-state index contributed by atoms with van der Waals surface area (Å²) in [6.45, 7) is 7.29. The van der Waals surface area contributed by atoms with E-state index in [0.717, 1.165) is 31.0 Å². The molecule has 0 radical (unpaired) electrons. The quantitative estimate of drug-likeness (QED) is 0.874. The summed E-state index contributed by atoms with van der Waals surface area (Å²) in [4.78, 5) is 21.4. The van der Waals surface area contributed by atoms with Crippen molar-refractivity contribution in [2.75, 3.05) is 18.5 Å². The molecule has 1 saturated carbocycles. The molecule has 5 heteroatoms. The topological polar surface area (TPSA) is 61.0 Å². The number of nitrogens with zero attached hydrogens (tertiary/aromatic N) is 2. The van der Waals surface area contributed by atoms with Crippen LogP contribution in [0.25, 0.3) is 0 Å². The summed E-state index contributed by atoms with van der Waals surface area (Å²) in [5.74, 6) is 1.80. The van der Waals surface area contributed by atoms with E-state index in [0.29, 0.717) is 12.1 Å². The van der Waals surface area contributed by atoms with Crippen molar-refractivity contribution in [3.8, 4) is 0 Å². The molecule has 0 atom stereocenters. The average molecular weight is 292 g/mol. The summed E-state index contributed by atoms with van der Waals surface area (Å²) in [5, 5.41) is 3.53. The smallest absolute Gasteiger partial charge is 0.252 e. The number of aromatic nitrogens is 2. The van der Waals surface area contributed by atoms with Crippen LogP contribution in [0.1, 0.15) is 58.2 Å². The van der Waals surface area contributed by atoms with E-state index < -0.39 is 0 Å². The maximum Gasteiger partial charge on any atom is 0.252 e. The van der Waals surface area contributed by atoms with E-state index in [1.165, 1.54) is 12.8 Å². The van der Waals surface area contributed by atoms with Gasteiger partial charge in [-0.25, -0.2) is 4.98 Å². The largest absolute Gasteiger partial charge is 0.356 e. The van der Waals surface area contributed by atoms with E-state index in [2.05, 4.69) is 34.2 Å². The summed E-state index contributed by atoms with van der Waals surface area (Å²) in [6.07, 6.45) is 4.70. The fourth-order valence-electron chi connectivity index (χ4n) is 3.06. The van der Waals surface area contributed by atoms with E-state index in [-0.39, 0.29) is 11.5 Å². The van der Waals surface area contributed by atoms with Gasteiger partial charge in [0.05, 0.1) is 0 Å². The molecule has 0 bridgehead atoms. The van der Waals surface area contributed by atoms with Crippen molar-refractivity contribution in [3.05, 3.63) is 22.2 Å². The van der Waals surface area contributed by atoms with Crippen molar-refractivity contribution >= 4 is 5.82 Å². The highest BCUT2D eigenvalue weighted by atomic mass is 16.1. The summed E-state index contributed by atoms with van der Waals surface area (Å²) >= 11 is 0. The highest BCUT2D eigenvalue weighted by molar-refractivity contribution is 5.38. The normalized spacial score (nSPS) is 22.5. The SMILES string of the molecule is CCNC1CCC(N(C)c2cc(=O)[nH]c(C(C)C)n2)CC1. The number of rotatable bonds is 5. The van der Waals surface area contributed by atoms with Crippen LogP contribution in [0, 0.1) is 0 Å². The van der Waals surface area contributed by atoms with E-state index >= 15 is 0 Å². The third kappa shape index (κ3) is 4.06. The number of H-pyrrole nitrogens is 1. The van der Waals surface area contributed by atoms with Gasteiger partial charge in [0, 0.05) is 31.1 Å². The van der Waals surface area contributed by atoms with Crippen LogP contribution in [0.15, 0.2) is 10.9 Å². The van der Waals surface area contributed by atoms with Gasteiger partial charge in [-0.2, -0.15) is 0 Å². The van der Waals surface area contributed by atoms with E-state index in [1.807, 2.05) is 13.8 Å². The molecule has 21 heavy (non-hydrogen) atoms. The van der Waals surface area contributed by atoms with Crippen LogP contribution in [0.3, 0.4) is 0 Å². The number of hydrogen-bond donors (Lipinski definition) is 2. The molecule has 1 aromatic heterocycles. The Morgan fingerprint density at radius 3 is 2.62 bits per heavy atom. The Hall–Kier alpha value is -1.36. The molecule has 1 fully saturated rings. The van der Waals surface area contributed by atoms with Crippen LogP contribution in [-0.2, 0) is 0 Å². The standard InChI is InChI=1S/C16H28N4O/c1-5-17-12-6-8-13(9-7-12)20(4)14-10-15(21)19-16(18-14)11(2)3/h10-13,17H,5-9H2,1-4H3,(H,18,19,21). The lowest BCUT2D eigenvalue weighted by molar-refractivity contribution is 0.340. The van der Waals surface area contributed by atoms with E-state index in [4.69, 9.17) is 0 Å². The van der Waals surface area contributed by atoms with Crippen LogP contribution in [-0.4, -0.2) is 35.6 Å². The molecular weight excluding hydrogens is 264 g/mol. The van der Waals surface area contributed by atoms with Gasteiger partial charge in [-0.15, -0.1) is 0 Å². The van der Waals surface area contributed by atoms with Crippen LogP contribution in [0.2, 0.25) is 0 Å². The minimum atomic E-state index is -0.0584. The maximum atomic E-state index is 11.8. The van der Waals surface area contributed by atoms with Crippen LogP contribution >= 0.6 is 0 Å². The highest BCUT2D eigenvalue weighted by Gasteiger charge is 2.24. The zero-order valence-corrected chi connectivity index (χ0v) is 13.6. The van der Waals surface area contributed by atoms with Gasteiger partial charge in [-0.1, -0.05) is 20.8 Å². The Labute approximate surface area is 127 Å². The van der Waals surface area contributed by atoms with Gasteiger partial charge in [-0.05, 0) is 32.2 Å². The molecule has 1 aliphatic rings. The van der Waals surface area contributed by atoms with Crippen LogP contribution < -0.4 is 15.8 Å². The first-order chi connectivity index (χ1) is 10.0. The second-order valence-corrected chi connectivity index (χ2v) is 6.32. The molecule has 2 rings (SSSR count).